The normalized spacial score (nSPS) is 11.8. The van der Waals surface area contributed by atoms with Gasteiger partial charge >= 0.3 is 0 Å². The lowest BCUT2D eigenvalue weighted by Crippen LogP contribution is -2.10. The molecule has 0 fully saturated rings. The van der Waals surface area contributed by atoms with Crippen LogP contribution in [-0.4, -0.2) is 4.57 Å². The molecule has 0 atom stereocenters. The first-order chi connectivity index (χ1) is 8.43. The summed E-state index contributed by atoms with van der Waals surface area (Å²) in [5, 5.41) is 0. The smallest absolute Gasteiger partial charge is 0.0482 e. The Hall–Kier alpha value is -1.50. The van der Waals surface area contributed by atoms with E-state index in [0.29, 0.717) is 0 Å². The molecule has 0 spiro atoms. The van der Waals surface area contributed by atoms with Crippen LogP contribution < -0.4 is 0 Å². The number of nitrogens with zero attached hydrogens (tertiary/aromatic N) is 1. The Morgan fingerprint density at radius 3 is 2.06 bits per heavy atom. The summed E-state index contributed by atoms with van der Waals surface area (Å²) in [6.07, 6.45) is 0. The second kappa shape index (κ2) is 4.64. The van der Waals surface area contributed by atoms with Crippen molar-refractivity contribution in [3.8, 4) is 11.3 Å². The standard InChI is InChI=1S/C17H23N/c1-6-18-13(2)7-12-16(18)14-8-10-15(11-9-14)17(3,4)5/h7-12H,6H2,1-5H3. The molecule has 0 amide bonds. The van der Waals surface area contributed by atoms with Gasteiger partial charge in [0.2, 0.25) is 0 Å². The summed E-state index contributed by atoms with van der Waals surface area (Å²) < 4.78 is 2.35. The number of benzene rings is 1. The summed E-state index contributed by atoms with van der Waals surface area (Å²) in [6.45, 7) is 12.1. The van der Waals surface area contributed by atoms with E-state index in [4.69, 9.17) is 0 Å². The van der Waals surface area contributed by atoms with Crippen molar-refractivity contribution in [1.29, 1.82) is 0 Å². The van der Waals surface area contributed by atoms with Crippen LogP contribution in [0.15, 0.2) is 36.4 Å². The molecule has 1 heteroatoms. The number of aromatic nitrogens is 1. The number of aryl methyl sites for hydroxylation is 1. The van der Waals surface area contributed by atoms with Crippen molar-refractivity contribution in [3.63, 3.8) is 0 Å². The van der Waals surface area contributed by atoms with E-state index in [1.54, 1.807) is 0 Å². The lowest BCUT2D eigenvalue weighted by Gasteiger charge is -2.19. The van der Waals surface area contributed by atoms with Crippen LogP contribution in [-0.2, 0) is 12.0 Å². The Kier molecular flexibility index (Phi) is 3.34. The SMILES string of the molecule is CCn1c(C)ccc1-c1ccc(C(C)(C)C)cc1. The largest absolute Gasteiger partial charge is 0.345 e. The fraction of sp³-hybridized carbons (Fsp3) is 0.412. The van der Waals surface area contributed by atoms with Crippen LogP contribution in [0.25, 0.3) is 11.3 Å². The van der Waals surface area contributed by atoms with Crippen molar-refractivity contribution in [2.75, 3.05) is 0 Å². The molecule has 96 valence electrons. The van der Waals surface area contributed by atoms with E-state index >= 15 is 0 Å². The lowest BCUT2D eigenvalue weighted by molar-refractivity contribution is 0.590. The average Bonchev–Trinajstić information content (AvgIpc) is 2.69. The van der Waals surface area contributed by atoms with Gasteiger partial charge in [-0.05, 0) is 42.5 Å². The summed E-state index contributed by atoms with van der Waals surface area (Å²) >= 11 is 0. The van der Waals surface area contributed by atoms with E-state index < -0.39 is 0 Å². The van der Waals surface area contributed by atoms with Crippen molar-refractivity contribution in [1.82, 2.24) is 4.57 Å². The molecule has 1 nitrogen and oxygen atoms in total. The maximum Gasteiger partial charge on any atom is 0.0482 e. The Bertz CT molecular complexity index is 524. The third-order valence-electron chi connectivity index (χ3n) is 3.56. The van der Waals surface area contributed by atoms with Crippen LogP contribution >= 0.6 is 0 Å². The van der Waals surface area contributed by atoms with Crippen molar-refractivity contribution < 1.29 is 0 Å². The lowest BCUT2D eigenvalue weighted by atomic mass is 9.86. The van der Waals surface area contributed by atoms with Crippen molar-refractivity contribution in [2.45, 2.75) is 46.6 Å². The third-order valence-corrected chi connectivity index (χ3v) is 3.56. The molecular weight excluding hydrogens is 218 g/mol. The van der Waals surface area contributed by atoms with Crippen LogP contribution in [0.5, 0.6) is 0 Å². The van der Waals surface area contributed by atoms with Gasteiger partial charge in [-0.25, -0.2) is 0 Å². The van der Waals surface area contributed by atoms with E-state index in [0.717, 1.165) is 6.54 Å². The number of hydrogen-bond donors (Lipinski definition) is 0. The van der Waals surface area contributed by atoms with Crippen LogP contribution in [0.2, 0.25) is 0 Å². The zero-order valence-corrected chi connectivity index (χ0v) is 12.1. The Morgan fingerprint density at radius 2 is 1.56 bits per heavy atom. The number of rotatable bonds is 2. The molecule has 0 saturated carbocycles. The molecule has 0 aliphatic heterocycles. The monoisotopic (exact) mass is 241 g/mol. The quantitative estimate of drug-likeness (QED) is 0.713. The minimum atomic E-state index is 0.223. The van der Waals surface area contributed by atoms with Gasteiger partial charge in [0.15, 0.2) is 0 Å². The van der Waals surface area contributed by atoms with Gasteiger partial charge in [-0.15, -0.1) is 0 Å². The van der Waals surface area contributed by atoms with Crippen LogP contribution in [0.3, 0.4) is 0 Å². The van der Waals surface area contributed by atoms with Gasteiger partial charge in [0.1, 0.15) is 0 Å². The second-order valence-corrected chi connectivity index (χ2v) is 5.93. The molecule has 2 aromatic rings. The Morgan fingerprint density at radius 1 is 0.944 bits per heavy atom. The summed E-state index contributed by atoms with van der Waals surface area (Å²) in [5.74, 6) is 0. The fourth-order valence-electron chi connectivity index (χ4n) is 2.38. The highest BCUT2D eigenvalue weighted by Gasteiger charge is 2.13. The first-order valence-electron chi connectivity index (χ1n) is 6.70. The topological polar surface area (TPSA) is 4.93 Å². The Labute approximate surface area is 110 Å². The summed E-state index contributed by atoms with van der Waals surface area (Å²) in [4.78, 5) is 0. The predicted molar refractivity (Wildman–Crippen MR) is 79.0 cm³/mol. The third kappa shape index (κ3) is 2.35. The summed E-state index contributed by atoms with van der Waals surface area (Å²) in [6, 6.07) is 13.4. The second-order valence-electron chi connectivity index (χ2n) is 5.93. The highest BCUT2D eigenvalue weighted by molar-refractivity contribution is 5.61. The molecule has 1 aromatic carbocycles. The molecule has 2 rings (SSSR count). The molecule has 1 aromatic heterocycles. The molecule has 0 N–H and O–H groups in total. The minimum Gasteiger partial charge on any atom is -0.345 e. The fourth-order valence-corrected chi connectivity index (χ4v) is 2.38. The van der Waals surface area contributed by atoms with E-state index in [-0.39, 0.29) is 5.41 Å². The van der Waals surface area contributed by atoms with Crippen molar-refractivity contribution >= 4 is 0 Å². The molecule has 0 unspecified atom stereocenters. The van der Waals surface area contributed by atoms with Crippen LogP contribution in [0.4, 0.5) is 0 Å². The van der Waals surface area contributed by atoms with Gasteiger partial charge < -0.3 is 4.57 Å². The van der Waals surface area contributed by atoms with E-state index in [2.05, 4.69) is 75.6 Å². The molecule has 0 saturated heterocycles. The van der Waals surface area contributed by atoms with E-state index in [1.807, 2.05) is 0 Å². The average molecular weight is 241 g/mol. The molecule has 0 bridgehead atoms. The zero-order chi connectivity index (χ0) is 13.3. The van der Waals surface area contributed by atoms with Gasteiger partial charge in [-0.1, -0.05) is 45.0 Å². The van der Waals surface area contributed by atoms with Crippen molar-refractivity contribution in [3.05, 3.63) is 47.7 Å². The molecule has 0 radical (unpaired) electrons. The van der Waals surface area contributed by atoms with Gasteiger partial charge in [0.25, 0.3) is 0 Å². The molecule has 1 heterocycles. The van der Waals surface area contributed by atoms with Gasteiger partial charge in [0.05, 0.1) is 0 Å². The molecule has 18 heavy (non-hydrogen) atoms. The highest BCUT2D eigenvalue weighted by Crippen LogP contribution is 2.27. The summed E-state index contributed by atoms with van der Waals surface area (Å²) in [7, 11) is 0. The van der Waals surface area contributed by atoms with E-state index in [9.17, 15) is 0 Å². The predicted octanol–water partition coefficient (Wildman–Crippen LogP) is 4.78. The number of hydrogen-bond acceptors (Lipinski definition) is 0. The maximum atomic E-state index is 2.35. The van der Waals surface area contributed by atoms with Crippen molar-refractivity contribution in [2.24, 2.45) is 0 Å². The van der Waals surface area contributed by atoms with E-state index in [1.165, 1.54) is 22.5 Å². The molecule has 0 aliphatic carbocycles. The van der Waals surface area contributed by atoms with Gasteiger partial charge in [-0.3, -0.25) is 0 Å². The summed E-state index contributed by atoms with van der Waals surface area (Å²) in [5.41, 5.74) is 5.56. The molecule has 0 aliphatic rings. The van der Waals surface area contributed by atoms with Gasteiger partial charge in [-0.2, -0.15) is 0 Å². The molecular formula is C17H23N. The first-order valence-corrected chi connectivity index (χ1v) is 6.70. The van der Waals surface area contributed by atoms with Crippen LogP contribution in [0.1, 0.15) is 39.0 Å². The van der Waals surface area contributed by atoms with Crippen LogP contribution in [0, 0.1) is 6.92 Å². The maximum absolute atomic E-state index is 2.35. The minimum absolute atomic E-state index is 0.223. The first kappa shape index (κ1) is 12.9. The highest BCUT2D eigenvalue weighted by atomic mass is 15.0. The van der Waals surface area contributed by atoms with Gasteiger partial charge in [0, 0.05) is 17.9 Å². The Balaban J connectivity index is 2.40. The zero-order valence-electron chi connectivity index (χ0n) is 12.1.